The van der Waals surface area contributed by atoms with Crippen LogP contribution >= 0.6 is 7.92 Å². The van der Waals surface area contributed by atoms with Crippen LogP contribution in [0.2, 0.25) is 0 Å². The number of hydrogen-bond acceptors (Lipinski definition) is 2. The summed E-state index contributed by atoms with van der Waals surface area (Å²) in [5, 5.41) is 0. The van der Waals surface area contributed by atoms with Crippen LogP contribution in [-0.2, 0) is 4.57 Å². The van der Waals surface area contributed by atoms with Crippen LogP contribution in [0.25, 0.3) is 0 Å². The van der Waals surface area contributed by atoms with Gasteiger partial charge < -0.3 is 0 Å². The monoisotopic (exact) mass is 236 g/mol. The number of rotatable bonds is 3. The molecule has 0 aromatic heterocycles. The first kappa shape index (κ1) is 13.1. The van der Waals surface area contributed by atoms with Crippen LogP contribution < -0.4 is 4.74 Å². The topological polar surface area (TPSA) is 26.3 Å². The molecule has 86 valence electrons. The average Bonchev–Trinajstić information content (AvgIpc) is 2.28. The molecule has 0 N–H and O–H groups in total. The molecule has 0 amide bonds. The van der Waals surface area contributed by atoms with E-state index in [0.29, 0.717) is 5.92 Å². The summed E-state index contributed by atoms with van der Waals surface area (Å²) in [6, 6.07) is 6.06. The normalized spacial score (nSPS) is 12.1. The zero-order chi connectivity index (χ0) is 12.1. The van der Waals surface area contributed by atoms with Crippen molar-refractivity contribution in [1.29, 1.82) is 0 Å². The summed E-state index contributed by atoms with van der Waals surface area (Å²) >= 11 is 0. The Morgan fingerprint density at radius 2 is 1.88 bits per heavy atom. The first-order valence-electron chi connectivity index (χ1n) is 5.36. The van der Waals surface area contributed by atoms with E-state index in [4.69, 9.17) is 4.74 Å². The van der Waals surface area contributed by atoms with Crippen molar-refractivity contribution in [3.8, 4) is 11.4 Å². The standard InChI is InChI=1S/C13H17O2P/c1-9(2)11-6-5-7-12(13(11)15-4)10(3)8-16-14/h5-7,9-10H,1-4H3. The number of ether oxygens (including phenoxy) is 1. The van der Waals surface area contributed by atoms with Gasteiger partial charge in [-0.1, -0.05) is 0 Å². The van der Waals surface area contributed by atoms with Gasteiger partial charge in [0.15, 0.2) is 0 Å². The zero-order valence-electron chi connectivity index (χ0n) is 10.2. The summed E-state index contributed by atoms with van der Waals surface area (Å²) in [4.78, 5) is 0. The summed E-state index contributed by atoms with van der Waals surface area (Å²) in [5.74, 6) is 1.31. The van der Waals surface area contributed by atoms with Gasteiger partial charge in [0.1, 0.15) is 0 Å². The van der Waals surface area contributed by atoms with Gasteiger partial charge in [-0.05, 0) is 0 Å². The van der Waals surface area contributed by atoms with E-state index in [9.17, 15) is 4.57 Å². The third kappa shape index (κ3) is 2.78. The number of hydrogen-bond donors (Lipinski definition) is 0. The Balaban J connectivity index is 3.32. The molecule has 0 radical (unpaired) electrons. The fourth-order valence-corrected chi connectivity index (χ4v) is 2.05. The van der Waals surface area contributed by atoms with Crippen LogP contribution in [0.15, 0.2) is 18.2 Å². The van der Waals surface area contributed by atoms with Crippen LogP contribution in [0.5, 0.6) is 5.75 Å². The second kappa shape index (κ2) is 5.94. The maximum atomic E-state index is 10.6. The van der Waals surface area contributed by atoms with Crippen molar-refractivity contribution in [2.45, 2.75) is 32.6 Å². The molecule has 1 atom stereocenters. The second-order valence-electron chi connectivity index (χ2n) is 4.07. The molecule has 0 aliphatic carbocycles. The molecule has 2 nitrogen and oxygen atoms in total. The summed E-state index contributed by atoms with van der Waals surface area (Å²) in [7, 11) is 1.61. The fourth-order valence-electron chi connectivity index (χ4n) is 1.75. The Morgan fingerprint density at radius 3 is 2.38 bits per heavy atom. The van der Waals surface area contributed by atoms with Crippen LogP contribution in [0.4, 0.5) is 0 Å². The molecule has 1 aromatic rings. The summed E-state index contributed by atoms with van der Waals surface area (Å²) in [6.07, 6.45) is 0. The molecule has 0 saturated heterocycles. The molecule has 1 aromatic carbocycles. The van der Waals surface area contributed by atoms with E-state index in [2.05, 4.69) is 25.5 Å². The third-order valence-electron chi connectivity index (χ3n) is 2.61. The second-order valence-corrected chi connectivity index (χ2v) is 4.51. The Labute approximate surface area is 98.1 Å². The van der Waals surface area contributed by atoms with Crippen molar-refractivity contribution in [2.24, 2.45) is 0 Å². The van der Waals surface area contributed by atoms with Crippen molar-refractivity contribution < 1.29 is 9.30 Å². The van der Waals surface area contributed by atoms with E-state index in [-0.39, 0.29) is 13.8 Å². The number of para-hydroxylation sites is 1. The maximum absolute atomic E-state index is 10.6. The molecule has 3 heteroatoms. The van der Waals surface area contributed by atoms with E-state index in [0.717, 1.165) is 11.3 Å². The third-order valence-corrected chi connectivity index (χ3v) is 3.11. The first-order valence-corrected chi connectivity index (χ1v) is 6.17. The molecule has 16 heavy (non-hydrogen) atoms. The minimum atomic E-state index is -0.0602. The zero-order valence-corrected chi connectivity index (χ0v) is 11.0. The van der Waals surface area contributed by atoms with E-state index in [1.165, 1.54) is 5.56 Å². The van der Waals surface area contributed by atoms with Gasteiger partial charge in [-0.2, -0.15) is 0 Å². The average molecular weight is 236 g/mol. The Bertz CT molecular complexity index is 460. The van der Waals surface area contributed by atoms with Crippen molar-refractivity contribution >= 4 is 7.92 Å². The summed E-state index contributed by atoms with van der Waals surface area (Å²) in [5.41, 5.74) is 5.06. The molecular weight excluding hydrogens is 219 g/mol. The quantitative estimate of drug-likeness (QED) is 0.736. The molecule has 1 rings (SSSR count). The van der Waals surface area contributed by atoms with Crippen molar-refractivity contribution in [2.75, 3.05) is 7.11 Å². The van der Waals surface area contributed by atoms with E-state index in [1.54, 1.807) is 7.11 Å². The predicted molar refractivity (Wildman–Crippen MR) is 67.0 cm³/mol. The molecule has 1 unspecified atom stereocenters. The number of methoxy groups -OCH3 is 1. The van der Waals surface area contributed by atoms with Gasteiger partial charge in [-0.15, -0.1) is 0 Å². The SMILES string of the molecule is COc1c(C(C)C)cccc1C(C)C#P=O. The van der Waals surface area contributed by atoms with Crippen molar-refractivity contribution in [3.05, 3.63) is 29.3 Å². The van der Waals surface area contributed by atoms with Gasteiger partial charge in [0, 0.05) is 0 Å². The van der Waals surface area contributed by atoms with E-state index >= 15 is 0 Å². The molecule has 0 bridgehead atoms. The van der Waals surface area contributed by atoms with Gasteiger partial charge in [0.2, 0.25) is 0 Å². The minimum absolute atomic E-state index is 0.00724. The van der Waals surface area contributed by atoms with Crippen LogP contribution in [0.3, 0.4) is 0 Å². The van der Waals surface area contributed by atoms with Crippen LogP contribution in [0, 0.1) is 5.63 Å². The van der Waals surface area contributed by atoms with E-state index < -0.39 is 0 Å². The molecule has 0 saturated carbocycles. The van der Waals surface area contributed by atoms with Gasteiger partial charge in [0.05, 0.1) is 0 Å². The Morgan fingerprint density at radius 1 is 1.25 bits per heavy atom. The molecule has 0 heterocycles. The van der Waals surface area contributed by atoms with Gasteiger partial charge >= 0.3 is 97.6 Å². The fraction of sp³-hybridized carbons (Fsp3) is 0.462. The van der Waals surface area contributed by atoms with Gasteiger partial charge in [0.25, 0.3) is 0 Å². The molecule has 0 aliphatic rings. The van der Waals surface area contributed by atoms with Crippen molar-refractivity contribution in [3.63, 3.8) is 0 Å². The first-order chi connectivity index (χ1) is 7.61. The molecule has 0 spiro atoms. The molecular formula is C13H17O2P. The van der Waals surface area contributed by atoms with Gasteiger partial charge in [-0.25, -0.2) is 0 Å². The molecule has 0 aliphatic heterocycles. The predicted octanol–water partition coefficient (Wildman–Crippen LogP) is 4.17. The van der Waals surface area contributed by atoms with Gasteiger partial charge in [-0.3, -0.25) is 0 Å². The van der Waals surface area contributed by atoms with Crippen molar-refractivity contribution in [1.82, 2.24) is 0 Å². The number of benzene rings is 1. The van der Waals surface area contributed by atoms with E-state index in [1.807, 2.05) is 19.1 Å². The summed E-state index contributed by atoms with van der Waals surface area (Å²) < 4.78 is 16.0. The molecule has 0 fully saturated rings. The van der Waals surface area contributed by atoms with Crippen LogP contribution in [0.1, 0.15) is 43.7 Å². The Kier molecular flexibility index (Phi) is 4.86. The summed E-state index contributed by atoms with van der Waals surface area (Å²) in [6.45, 7) is 6.23. The van der Waals surface area contributed by atoms with Crippen LogP contribution in [-0.4, -0.2) is 7.11 Å². The Hall–Kier alpha value is -0.970.